The van der Waals surface area contributed by atoms with Gasteiger partial charge in [0.2, 0.25) is 0 Å². The zero-order valence-corrected chi connectivity index (χ0v) is 16.0. The molecule has 28 heavy (non-hydrogen) atoms. The van der Waals surface area contributed by atoms with Crippen molar-refractivity contribution in [1.29, 1.82) is 0 Å². The van der Waals surface area contributed by atoms with E-state index in [1.807, 2.05) is 62.4 Å². The van der Waals surface area contributed by atoms with E-state index in [0.717, 1.165) is 22.6 Å². The predicted molar refractivity (Wildman–Crippen MR) is 106 cm³/mol. The van der Waals surface area contributed by atoms with E-state index >= 15 is 0 Å². The Kier molecular flexibility index (Phi) is 4.51. The highest BCUT2D eigenvalue weighted by molar-refractivity contribution is 6.23. The van der Waals surface area contributed by atoms with Gasteiger partial charge in [0.1, 0.15) is 5.75 Å². The average Bonchev–Trinajstić information content (AvgIpc) is 2.99. The monoisotopic (exact) mass is 375 g/mol. The summed E-state index contributed by atoms with van der Waals surface area (Å²) in [6, 6.07) is 15.0. The van der Waals surface area contributed by atoms with Crippen LogP contribution in [0.5, 0.6) is 5.75 Å². The molecule has 1 aliphatic carbocycles. The van der Waals surface area contributed by atoms with Crippen molar-refractivity contribution in [2.24, 2.45) is 0 Å². The van der Waals surface area contributed by atoms with Crippen LogP contribution in [0.4, 0.5) is 0 Å². The second-order valence-electron chi connectivity index (χ2n) is 6.75. The Labute approximate surface area is 163 Å². The summed E-state index contributed by atoms with van der Waals surface area (Å²) in [7, 11) is 1.35. The van der Waals surface area contributed by atoms with Crippen LogP contribution in [-0.4, -0.2) is 25.5 Å². The number of methoxy groups -OCH3 is 1. The molecule has 0 spiro atoms. The van der Waals surface area contributed by atoms with Crippen LogP contribution in [0.3, 0.4) is 0 Å². The number of hydrogen-bond acceptors (Lipinski definition) is 5. The number of hydrogen-bond donors (Lipinski definition) is 1. The number of allylic oxidation sites excluding steroid dienone is 2. The first kappa shape index (κ1) is 18.0. The Bertz CT molecular complexity index is 1030. The molecule has 0 aromatic heterocycles. The van der Waals surface area contributed by atoms with E-state index in [-0.39, 0.29) is 5.78 Å². The van der Waals surface area contributed by atoms with Crippen LogP contribution in [0.25, 0.3) is 5.70 Å². The minimum Gasteiger partial charge on any atom is -0.494 e. The number of carbonyl (C=O) groups excluding carboxylic acids is 2. The van der Waals surface area contributed by atoms with Gasteiger partial charge in [-0.25, -0.2) is 4.79 Å². The molecule has 2 aromatic rings. The SMILES string of the molecule is CCOc1ccc([C@H]2C(C(=O)OC)=C(C)NC3=C2C(=O)c2ccccc23)cc1. The van der Waals surface area contributed by atoms with E-state index in [2.05, 4.69) is 5.32 Å². The summed E-state index contributed by atoms with van der Waals surface area (Å²) in [5.41, 5.74) is 4.84. The Morgan fingerprint density at radius 3 is 2.39 bits per heavy atom. The summed E-state index contributed by atoms with van der Waals surface area (Å²) in [6.07, 6.45) is 0. The molecule has 1 atom stereocenters. The maximum absolute atomic E-state index is 13.3. The first-order valence-electron chi connectivity index (χ1n) is 9.24. The minimum atomic E-state index is -0.501. The zero-order valence-electron chi connectivity index (χ0n) is 16.0. The Morgan fingerprint density at radius 1 is 1.07 bits per heavy atom. The van der Waals surface area contributed by atoms with Crippen LogP contribution in [0.2, 0.25) is 0 Å². The summed E-state index contributed by atoms with van der Waals surface area (Å²) in [4.78, 5) is 25.9. The first-order chi connectivity index (χ1) is 13.6. The molecule has 1 N–H and O–H groups in total. The highest BCUT2D eigenvalue weighted by Gasteiger charge is 2.42. The molecule has 0 amide bonds. The summed E-state index contributed by atoms with van der Waals surface area (Å²) in [5, 5.41) is 3.27. The van der Waals surface area contributed by atoms with E-state index < -0.39 is 11.9 Å². The number of fused-ring (bicyclic) bond motifs is 2. The van der Waals surface area contributed by atoms with Crippen molar-refractivity contribution in [3.8, 4) is 5.75 Å². The van der Waals surface area contributed by atoms with Crippen LogP contribution in [-0.2, 0) is 9.53 Å². The molecule has 5 nitrogen and oxygen atoms in total. The maximum Gasteiger partial charge on any atom is 0.336 e. The molecule has 4 rings (SSSR count). The number of ether oxygens (including phenoxy) is 2. The quantitative estimate of drug-likeness (QED) is 0.823. The number of dihydropyridines is 1. The van der Waals surface area contributed by atoms with Gasteiger partial charge in [0.05, 0.1) is 25.0 Å². The molecule has 0 saturated carbocycles. The Morgan fingerprint density at radius 2 is 1.75 bits per heavy atom. The third-order valence-corrected chi connectivity index (χ3v) is 5.18. The number of ketones is 1. The average molecular weight is 375 g/mol. The predicted octanol–water partition coefficient (Wildman–Crippen LogP) is 3.83. The minimum absolute atomic E-state index is 0.0640. The van der Waals surface area contributed by atoms with E-state index in [4.69, 9.17) is 9.47 Å². The fourth-order valence-electron chi connectivity index (χ4n) is 3.97. The molecule has 142 valence electrons. The van der Waals surface area contributed by atoms with Gasteiger partial charge in [-0.1, -0.05) is 36.4 Å². The fraction of sp³-hybridized carbons (Fsp3) is 0.217. The van der Waals surface area contributed by atoms with Gasteiger partial charge in [-0.05, 0) is 31.5 Å². The van der Waals surface area contributed by atoms with Crippen LogP contribution < -0.4 is 10.1 Å². The number of esters is 1. The van der Waals surface area contributed by atoms with Crippen LogP contribution in [0.1, 0.15) is 41.3 Å². The normalized spacial score (nSPS) is 17.8. The highest BCUT2D eigenvalue weighted by atomic mass is 16.5. The number of nitrogens with one attached hydrogen (secondary N) is 1. The number of benzene rings is 2. The van der Waals surface area contributed by atoms with E-state index in [1.165, 1.54) is 7.11 Å². The molecule has 5 heteroatoms. The number of rotatable bonds is 4. The second-order valence-corrected chi connectivity index (χ2v) is 6.75. The highest BCUT2D eigenvalue weighted by Crippen LogP contribution is 2.46. The molecule has 0 unspecified atom stereocenters. The van der Waals surface area contributed by atoms with E-state index in [0.29, 0.717) is 29.0 Å². The van der Waals surface area contributed by atoms with Crippen LogP contribution in [0, 0.1) is 0 Å². The summed E-state index contributed by atoms with van der Waals surface area (Å²) in [5.74, 6) is -0.264. The van der Waals surface area contributed by atoms with Crippen molar-refractivity contribution in [1.82, 2.24) is 5.32 Å². The van der Waals surface area contributed by atoms with Gasteiger partial charge >= 0.3 is 5.97 Å². The van der Waals surface area contributed by atoms with E-state index in [9.17, 15) is 9.59 Å². The molecule has 0 radical (unpaired) electrons. The standard InChI is InChI=1S/C23H21NO4/c1-4-28-15-11-9-14(10-12-15)19-18(23(26)27-3)13(2)24-21-16-7-5-6-8-17(16)22(25)20(19)21/h5-12,19,24H,4H2,1-3H3/t19-/m0/s1. The molecule has 1 heterocycles. The zero-order chi connectivity index (χ0) is 19.8. The van der Waals surface area contributed by atoms with Crippen molar-refractivity contribution in [3.63, 3.8) is 0 Å². The third-order valence-electron chi connectivity index (χ3n) is 5.18. The van der Waals surface area contributed by atoms with Gasteiger partial charge in [0.25, 0.3) is 0 Å². The lowest BCUT2D eigenvalue weighted by Gasteiger charge is -2.29. The van der Waals surface area contributed by atoms with Crippen molar-refractivity contribution < 1.29 is 19.1 Å². The largest absolute Gasteiger partial charge is 0.494 e. The van der Waals surface area contributed by atoms with Crippen molar-refractivity contribution >= 4 is 17.4 Å². The lowest BCUT2D eigenvalue weighted by atomic mass is 9.80. The molecule has 1 aliphatic heterocycles. The fourth-order valence-corrected chi connectivity index (χ4v) is 3.97. The Balaban J connectivity index is 1.88. The summed E-state index contributed by atoms with van der Waals surface area (Å²) in [6.45, 7) is 4.33. The third kappa shape index (κ3) is 2.71. The van der Waals surface area contributed by atoms with Gasteiger partial charge in [-0.3, -0.25) is 4.79 Å². The smallest absolute Gasteiger partial charge is 0.336 e. The van der Waals surface area contributed by atoms with Crippen LogP contribution in [0.15, 0.2) is 65.4 Å². The van der Waals surface area contributed by atoms with Gasteiger partial charge in [0.15, 0.2) is 5.78 Å². The van der Waals surface area contributed by atoms with Crippen molar-refractivity contribution in [2.45, 2.75) is 19.8 Å². The van der Waals surface area contributed by atoms with Crippen LogP contribution >= 0.6 is 0 Å². The second kappa shape index (κ2) is 7.00. The molecular formula is C23H21NO4. The molecular weight excluding hydrogens is 354 g/mol. The lowest BCUT2D eigenvalue weighted by molar-refractivity contribution is -0.136. The molecule has 0 fully saturated rings. The van der Waals surface area contributed by atoms with Gasteiger partial charge in [-0.2, -0.15) is 0 Å². The van der Waals surface area contributed by atoms with Crippen molar-refractivity contribution in [3.05, 3.63) is 82.1 Å². The summed E-state index contributed by atoms with van der Waals surface area (Å²) < 4.78 is 10.6. The number of Topliss-reactive ketones (excluding diaryl/α,β-unsaturated/α-hetero) is 1. The lowest BCUT2D eigenvalue weighted by Crippen LogP contribution is -2.29. The first-order valence-corrected chi connectivity index (χ1v) is 9.24. The van der Waals surface area contributed by atoms with Gasteiger partial charge in [-0.15, -0.1) is 0 Å². The van der Waals surface area contributed by atoms with Gasteiger partial charge in [0, 0.05) is 28.3 Å². The molecule has 0 saturated heterocycles. The van der Waals surface area contributed by atoms with Gasteiger partial charge < -0.3 is 14.8 Å². The molecule has 0 bridgehead atoms. The van der Waals surface area contributed by atoms with Crippen molar-refractivity contribution in [2.75, 3.05) is 13.7 Å². The topological polar surface area (TPSA) is 64.6 Å². The summed E-state index contributed by atoms with van der Waals surface area (Å²) >= 11 is 0. The molecule has 2 aromatic carbocycles. The van der Waals surface area contributed by atoms with E-state index in [1.54, 1.807) is 0 Å². The maximum atomic E-state index is 13.3. The molecule has 2 aliphatic rings. The number of carbonyl (C=O) groups is 2. The Hall–Kier alpha value is -3.34.